The highest BCUT2D eigenvalue weighted by Gasteiger charge is 2.48. The van der Waals surface area contributed by atoms with Gasteiger partial charge in [-0.3, -0.25) is 9.59 Å². The molecule has 3 N–H and O–H groups in total. The number of primary amides is 1. The molecule has 0 aromatic carbocycles. The van der Waals surface area contributed by atoms with Crippen molar-refractivity contribution in [1.82, 2.24) is 9.97 Å². The van der Waals surface area contributed by atoms with E-state index in [0.29, 0.717) is 25.3 Å². The number of carboxylic acid groups (broad SMARTS) is 1. The van der Waals surface area contributed by atoms with Crippen LogP contribution in [0.1, 0.15) is 30.8 Å². The Labute approximate surface area is 116 Å². The highest BCUT2D eigenvalue weighted by Crippen LogP contribution is 2.39. The van der Waals surface area contributed by atoms with E-state index in [1.165, 1.54) is 12.4 Å². The molecule has 1 fully saturated rings. The number of carbonyl (C=O) groups is 2. The first-order chi connectivity index (χ1) is 9.38. The number of anilines is 1. The maximum atomic E-state index is 11.6. The molecular formula is C13H18N4O3. The van der Waals surface area contributed by atoms with Crippen molar-refractivity contribution in [3.05, 3.63) is 18.1 Å². The van der Waals surface area contributed by atoms with Gasteiger partial charge in [0.05, 0.1) is 5.41 Å². The highest BCUT2D eigenvalue weighted by atomic mass is 16.4. The summed E-state index contributed by atoms with van der Waals surface area (Å²) in [5, 5.41) is 9.52. The Bertz CT molecular complexity index is 546. The maximum absolute atomic E-state index is 11.6. The summed E-state index contributed by atoms with van der Waals surface area (Å²) in [5.74, 6) is -1.13. The van der Waals surface area contributed by atoms with Crippen molar-refractivity contribution in [3.8, 4) is 0 Å². The fourth-order valence-corrected chi connectivity index (χ4v) is 2.64. The van der Waals surface area contributed by atoms with Crippen LogP contribution in [-0.2, 0) is 4.79 Å². The Hall–Kier alpha value is -2.18. The molecule has 108 valence electrons. The molecule has 1 unspecified atom stereocenters. The van der Waals surface area contributed by atoms with E-state index in [9.17, 15) is 14.7 Å². The smallest absolute Gasteiger partial charge is 0.311 e. The minimum absolute atomic E-state index is 0.0151. The highest BCUT2D eigenvalue weighted by molar-refractivity contribution is 5.95. The lowest BCUT2D eigenvalue weighted by molar-refractivity contribution is -0.150. The fourth-order valence-electron chi connectivity index (χ4n) is 2.64. The van der Waals surface area contributed by atoms with E-state index in [2.05, 4.69) is 9.97 Å². The minimum Gasteiger partial charge on any atom is -0.481 e. The summed E-state index contributed by atoms with van der Waals surface area (Å²) in [6.45, 7) is 4.61. The Morgan fingerprint density at radius 1 is 1.40 bits per heavy atom. The molecule has 0 spiro atoms. The molecule has 0 saturated carbocycles. The van der Waals surface area contributed by atoms with E-state index >= 15 is 0 Å². The molecule has 1 atom stereocenters. The lowest BCUT2D eigenvalue weighted by Crippen LogP contribution is -2.39. The van der Waals surface area contributed by atoms with E-state index in [0.717, 1.165) is 0 Å². The van der Waals surface area contributed by atoms with Gasteiger partial charge in [-0.05, 0) is 12.3 Å². The van der Waals surface area contributed by atoms with E-state index in [4.69, 9.17) is 5.73 Å². The molecule has 2 heterocycles. The number of aromatic nitrogens is 2. The molecule has 1 aromatic heterocycles. The Balaban J connectivity index is 2.34. The van der Waals surface area contributed by atoms with Crippen molar-refractivity contribution >= 4 is 17.7 Å². The SMILES string of the molecule is CC(C)C1(C(=O)O)CCN(c2nccnc2C(N)=O)C1. The summed E-state index contributed by atoms with van der Waals surface area (Å²) < 4.78 is 0. The maximum Gasteiger partial charge on any atom is 0.311 e. The van der Waals surface area contributed by atoms with E-state index in [1.54, 1.807) is 4.90 Å². The number of carbonyl (C=O) groups excluding carboxylic acids is 1. The second-order valence-electron chi connectivity index (χ2n) is 5.38. The normalized spacial score (nSPS) is 22.2. The largest absolute Gasteiger partial charge is 0.481 e. The van der Waals surface area contributed by atoms with Gasteiger partial charge < -0.3 is 15.7 Å². The zero-order valence-corrected chi connectivity index (χ0v) is 11.5. The van der Waals surface area contributed by atoms with Crippen molar-refractivity contribution in [1.29, 1.82) is 0 Å². The summed E-state index contributed by atoms with van der Waals surface area (Å²) in [7, 11) is 0. The first-order valence-corrected chi connectivity index (χ1v) is 6.47. The van der Waals surface area contributed by atoms with Gasteiger partial charge in [0.1, 0.15) is 0 Å². The van der Waals surface area contributed by atoms with Crippen LogP contribution in [0, 0.1) is 11.3 Å². The van der Waals surface area contributed by atoms with Gasteiger partial charge in [0.15, 0.2) is 11.5 Å². The molecule has 1 amide bonds. The molecule has 1 aliphatic heterocycles. The number of carboxylic acids is 1. The predicted octanol–water partition coefficient (Wildman–Crippen LogP) is 0.513. The van der Waals surface area contributed by atoms with E-state index in [1.807, 2.05) is 13.8 Å². The first kappa shape index (κ1) is 14.2. The third kappa shape index (κ3) is 2.19. The molecule has 1 aromatic rings. The van der Waals surface area contributed by atoms with Crippen molar-refractivity contribution in [2.24, 2.45) is 17.1 Å². The molecule has 7 heteroatoms. The lowest BCUT2D eigenvalue weighted by atomic mass is 9.76. The van der Waals surface area contributed by atoms with Crippen LogP contribution in [0.15, 0.2) is 12.4 Å². The van der Waals surface area contributed by atoms with Crippen molar-refractivity contribution in [3.63, 3.8) is 0 Å². The average molecular weight is 278 g/mol. The van der Waals surface area contributed by atoms with Crippen molar-refractivity contribution < 1.29 is 14.7 Å². The molecule has 20 heavy (non-hydrogen) atoms. The number of amides is 1. The summed E-state index contributed by atoms with van der Waals surface area (Å²) in [6, 6.07) is 0. The van der Waals surface area contributed by atoms with Crippen LogP contribution < -0.4 is 10.6 Å². The molecule has 2 rings (SSSR count). The number of rotatable bonds is 4. The third-order valence-electron chi connectivity index (χ3n) is 4.04. The Morgan fingerprint density at radius 2 is 2.05 bits per heavy atom. The van der Waals surface area contributed by atoms with Gasteiger partial charge >= 0.3 is 5.97 Å². The first-order valence-electron chi connectivity index (χ1n) is 6.47. The molecule has 1 aliphatic rings. The molecule has 0 radical (unpaired) electrons. The van der Waals surface area contributed by atoms with Crippen LogP contribution in [0.4, 0.5) is 5.82 Å². The summed E-state index contributed by atoms with van der Waals surface area (Å²) in [5.41, 5.74) is 4.54. The Kier molecular flexibility index (Phi) is 3.61. The summed E-state index contributed by atoms with van der Waals surface area (Å²) in [6.07, 6.45) is 3.37. The van der Waals surface area contributed by atoms with Gasteiger partial charge in [0.25, 0.3) is 5.91 Å². The van der Waals surface area contributed by atoms with Crippen LogP contribution in [0.25, 0.3) is 0 Å². The van der Waals surface area contributed by atoms with Crippen LogP contribution in [0.2, 0.25) is 0 Å². The van der Waals surface area contributed by atoms with Crippen LogP contribution >= 0.6 is 0 Å². The lowest BCUT2D eigenvalue weighted by Gasteiger charge is -2.29. The van der Waals surface area contributed by atoms with E-state index in [-0.39, 0.29) is 11.6 Å². The molecule has 7 nitrogen and oxygen atoms in total. The predicted molar refractivity (Wildman–Crippen MR) is 72.3 cm³/mol. The topological polar surface area (TPSA) is 109 Å². The number of nitrogens with two attached hydrogens (primary N) is 1. The van der Waals surface area contributed by atoms with Crippen molar-refractivity contribution in [2.45, 2.75) is 20.3 Å². The zero-order chi connectivity index (χ0) is 14.9. The summed E-state index contributed by atoms with van der Waals surface area (Å²) >= 11 is 0. The van der Waals surface area contributed by atoms with Crippen LogP contribution in [0.5, 0.6) is 0 Å². The quantitative estimate of drug-likeness (QED) is 0.830. The van der Waals surface area contributed by atoms with Crippen LogP contribution in [0.3, 0.4) is 0 Å². The minimum atomic E-state index is -0.827. The zero-order valence-electron chi connectivity index (χ0n) is 11.5. The van der Waals surface area contributed by atoms with Gasteiger partial charge in [-0.2, -0.15) is 0 Å². The number of hydrogen-bond donors (Lipinski definition) is 2. The second-order valence-corrected chi connectivity index (χ2v) is 5.38. The Morgan fingerprint density at radius 3 is 2.55 bits per heavy atom. The molecular weight excluding hydrogens is 260 g/mol. The standard InChI is InChI=1S/C13H18N4O3/c1-8(2)13(12(19)20)3-6-17(7-13)11-9(10(14)18)15-4-5-16-11/h4-5,8H,3,6-7H2,1-2H3,(H2,14,18)(H,19,20). The molecule has 0 bridgehead atoms. The molecule has 1 saturated heterocycles. The second kappa shape index (κ2) is 5.07. The monoisotopic (exact) mass is 278 g/mol. The fraction of sp³-hybridized carbons (Fsp3) is 0.538. The average Bonchev–Trinajstić information content (AvgIpc) is 2.85. The number of nitrogens with zero attached hydrogens (tertiary/aromatic N) is 3. The number of hydrogen-bond acceptors (Lipinski definition) is 5. The molecule has 0 aliphatic carbocycles. The van der Waals surface area contributed by atoms with Crippen LogP contribution in [-0.4, -0.2) is 40.0 Å². The summed E-state index contributed by atoms with van der Waals surface area (Å²) in [4.78, 5) is 32.8. The third-order valence-corrected chi connectivity index (χ3v) is 4.04. The van der Waals surface area contributed by atoms with Gasteiger partial charge in [0, 0.05) is 25.5 Å². The van der Waals surface area contributed by atoms with Crippen molar-refractivity contribution in [2.75, 3.05) is 18.0 Å². The van der Waals surface area contributed by atoms with Gasteiger partial charge in [0.2, 0.25) is 0 Å². The number of aliphatic carboxylic acids is 1. The van der Waals surface area contributed by atoms with Gasteiger partial charge in [-0.15, -0.1) is 0 Å². The van der Waals surface area contributed by atoms with Gasteiger partial charge in [-0.1, -0.05) is 13.8 Å². The van der Waals surface area contributed by atoms with Gasteiger partial charge in [-0.25, -0.2) is 9.97 Å². The van der Waals surface area contributed by atoms with E-state index < -0.39 is 17.3 Å².